The predicted octanol–water partition coefficient (Wildman–Crippen LogP) is 5.83. The second kappa shape index (κ2) is 13.8. The maximum Gasteiger partial charge on any atom is 0.119 e. The topological polar surface area (TPSA) is 65.8 Å². The highest BCUT2D eigenvalue weighted by molar-refractivity contribution is 7.99. The molecule has 0 amide bonds. The molecule has 1 saturated heterocycles. The third-order valence-corrected chi connectivity index (χ3v) is 9.60. The van der Waals surface area contributed by atoms with Gasteiger partial charge in [-0.2, -0.15) is 11.8 Å². The molecule has 194 valence electrons. The second-order valence-electron chi connectivity index (χ2n) is 10.5. The van der Waals surface area contributed by atoms with Crippen LogP contribution >= 0.6 is 11.8 Å². The number of fused-ring (bicyclic) bond motifs is 1. The summed E-state index contributed by atoms with van der Waals surface area (Å²) in [5.41, 5.74) is 1.79. The van der Waals surface area contributed by atoms with Crippen molar-refractivity contribution in [3.63, 3.8) is 0 Å². The molecule has 2 aliphatic rings. The molecule has 5 nitrogen and oxygen atoms in total. The largest absolute Gasteiger partial charge is 0.497 e. The molecule has 1 unspecified atom stereocenters. The van der Waals surface area contributed by atoms with Crippen molar-refractivity contribution < 1.29 is 14.9 Å². The number of likely N-dealkylation sites (tertiary alicyclic amines) is 1. The van der Waals surface area contributed by atoms with Gasteiger partial charge < -0.3 is 19.8 Å². The summed E-state index contributed by atoms with van der Waals surface area (Å²) in [6.45, 7) is 3.49. The van der Waals surface area contributed by atoms with Crippen LogP contribution in [0.15, 0.2) is 30.5 Å². The molecule has 1 aliphatic carbocycles. The average Bonchev–Trinajstić information content (AvgIpc) is 3.18. The number of aromatic nitrogens is 1. The molecule has 2 heterocycles. The number of ether oxygens (including phenoxy) is 1. The van der Waals surface area contributed by atoms with Crippen LogP contribution in [-0.2, 0) is 0 Å². The van der Waals surface area contributed by atoms with Crippen LogP contribution in [0.4, 0.5) is 0 Å². The fourth-order valence-corrected chi connectivity index (χ4v) is 7.28. The van der Waals surface area contributed by atoms with Gasteiger partial charge in [0, 0.05) is 30.0 Å². The lowest BCUT2D eigenvalue weighted by atomic mass is 9.81. The lowest BCUT2D eigenvalue weighted by Gasteiger charge is -2.38. The van der Waals surface area contributed by atoms with Crippen LogP contribution in [-0.4, -0.2) is 64.5 Å². The Kier molecular flexibility index (Phi) is 10.6. The van der Waals surface area contributed by atoms with Gasteiger partial charge in [0.1, 0.15) is 5.75 Å². The number of hydrogen-bond acceptors (Lipinski definition) is 6. The molecule has 0 bridgehead atoms. The molecular weight excluding hydrogens is 456 g/mol. The molecule has 2 fully saturated rings. The van der Waals surface area contributed by atoms with Gasteiger partial charge in [0.05, 0.1) is 18.7 Å². The normalized spacial score (nSPS) is 23.3. The third kappa shape index (κ3) is 7.58. The van der Waals surface area contributed by atoms with E-state index in [1.807, 2.05) is 24.3 Å². The van der Waals surface area contributed by atoms with Gasteiger partial charge in [0.25, 0.3) is 0 Å². The van der Waals surface area contributed by atoms with E-state index >= 15 is 0 Å². The van der Waals surface area contributed by atoms with E-state index in [1.54, 1.807) is 13.3 Å². The highest BCUT2D eigenvalue weighted by Gasteiger charge is 2.29. The number of pyridine rings is 1. The van der Waals surface area contributed by atoms with Crippen LogP contribution in [0.1, 0.15) is 75.9 Å². The zero-order valence-corrected chi connectivity index (χ0v) is 22.2. The highest BCUT2D eigenvalue weighted by Crippen LogP contribution is 2.34. The minimum Gasteiger partial charge on any atom is -0.497 e. The van der Waals surface area contributed by atoms with E-state index in [2.05, 4.69) is 21.6 Å². The highest BCUT2D eigenvalue weighted by atomic mass is 32.2. The summed E-state index contributed by atoms with van der Waals surface area (Å²) in [7, 11) is 1.66. The van der Waals surface area contributed by atoms with Gasteiger partial charge in [0.2, 0.25) is 0 Å². The third-order valence-electron chi connectivity index (χ3n) is 8.14. The van der Waals surface area contributed by atoms with E-state index in [0.29, 0.717) is 18.3 Å². The van der Waals surface area contributed by atoms with Gasteiger partial charge in [-0.1, -0.05) is 25.7 Å². The molecule has 2 N–H and O–H groups in total. The summed E-state index contributed by atoms with van der Waals surface area (Å²) in [6.07, 6.45) is 13.8. The molecular formula is C29H44N2O3S. The van der Waals surface area contributed by atoms with Crippen LogP contribution in [0.25, 0.3) is 10.9 Å². The van der Waals surface area contributed by atoms with Crippen LogP contribution in [0.3, 0.4) is 0 Å². The minimum absolute atomic E-state index is 0.240. The summed E-state index contributed by atoms with van der Waals surface area (Å²) in [5.74, 6) is 2.82. The van der Waals surface area contributed by atoms with Crippen LogP contribution < -0.4 is 4.74 Å². The molecule has 4 rings (SSSR count). The quantitative estimate of drug-likeness (QED) is 0.299. The Morgan fingerprint density at radius 1 is 1.11 bits per heavy atom. The number of hydrogen-bond donors (Lipinski definition) is 2. The molecule has 1 saturated carbocycles. The SMILES string of the molecule is COc1ccc2nccc(C(O)CC[C@@H]3CCN(CCCSC4CCCCCC4)C[C@@H]3CO)c2c1. The summed E-state index contributed by atoms with van der Waals surface area (Å²) >= 11 is 2.20. The molecule has 6 heteroatoms. The van der Waals surface area contributed by atoms with E-state index in [4.69, 9.17) is 4.74 Å². The Bertz CT molecular complexity index is 903. The molecule has 35 heavy (non-hydrogen) atoms. The van der Waals surface area contributed by atoms with E-state index < -0.39 is 6.10 Å². The molecule has 1 aromatic heterocycles. The summed E-state index contributed by atoms with van der Waals surface area (Å²) in [5, 5.41) is 23.0. The van der Waals surface area contributed by atoms with Crippen molar-refractivity contribution in [2.24, 2.45) is 11.8 Å². The van der Waals surface area contributed by atoms with Gasteiger partial charge >= 0.3 is 0 Å². The van der Waals surface area contributed by atoms with Crippen molar-refractivity contribution in [1.29, 1.82) is 0 Å². The first-order valence-electron chi connectivity index (χ1n) is 13.7. The number of aliphatic hydroxyl groups is 2. The number of methoxy groups -OCH3 is 1. The number of benzene rings is 1. The Morgan fingerprint density at radius 2 is 1.94 bits per heavy atom. The lowest BCUT2D eigenvalue weighted by molar-refractivity contribution is 0.0581. The summed E-state index contributed by atoms with van der Waals surface area (Å²) in [4.78, 5) is 7.00. The standard InChI is InChI=1S/C29H44N2O3S/c1-34-24-10-11-28-27(19-24)26(13-15-30-28)29(33)12-9-22-14-17-31(20-23(22)21-32)16-6-18-35-25-7-4-2-3-5-8-25/h10-11,13,15,19,22-23,25,29,32-33H,2-9,12,14,16-18,20-21H2,1H3/t22-,23-,29?/m1/s1. The monoisotopic (exact) mass is 500 g/mol. The van der Waals surface area contributed by atoms with E-state index in [-0.39, 0.29) is 6.61 Å². The van der Waals surface area contributed by atoms with E-state index in [9.17, 15) is 10.2 Å². The number of piperidine rings is 1. The van der Waals surface area contributed by atoms with Crippen LogP contribution in [0.2, 0.25) is 0 Å². The summed E-state index contributed by atoms with van der Waals surface area (Å²) < 4.78 is 5.38. The Balaban J connectivity index is 1.23. The average molecular weight is 501 g/mol. The van der Waals surface area contributed by atoms with Gasteiger partial charge in [-0.3, -0.25) is 4.98 Å². The maximum atomic E-state index is 11.0. The van der Waals surface area contributed by atoms with Crippen molar-refractivity contribution in [3.05, 3.63) is 36.0 Å². The zero-order valence-electron chi connectivity index (χ0n) is 21.4. The minimum atomic E-state index is -0.536. The number of rotatable bonds is 11. The number of thioether (sulfide) groups is 1. The van der Waals surface area contributed by atoms with E-state index in [0.717, 1.165) is 59.9 Å². The predicted molar refractivity (Wildman–Crippen MR) is 146 cm³/mol. The lowest BCUT2D eigenvalue weighted by Crippen LogP contribution is -2.42. The molecule has 2 aromatic rings. The van der Waals surface area contributed by atoms with Gasteiger partial charge in [0.15, 0.2) is 0 Å². The molecule has 3 atom stereocenters. The molecule has 1 aliphatic heterocycles. The number of nitrogens with zero attached hydrogens (tertiary/aromatic N) is 2. The molecule has 1 aromatic carbocycles. The first-order chi connectivity index (χ1) is 17.2. The Labute approximate surface area is 215 Å². The molecule has 0 radical (unpaired) electrons. The smallest absolute Gasteiger partial charge is 0.119 e. The Morgan fingerprint density at radius 3 is 2.71 bits per heavy atom. The molecule has 0 spiro atoms. The van der Waals surface area contributed by atoms with Crippen molar-refractivity contribution in [3.8, 4) is 5.75 Å². The first kappa shape index (κ1) is 26.7. The fraction of sp³-hybridized carbons (Fsp3) is 0.690. The fourth-order valence-electron chi connectivity index (χ4n) is 5.98. The van der Waals surface area contributed by atoms with Gasteiger partial charge in [-0.05, 0) is 99.0 Å². The van der Waals surface area contributed by atoms with E-state index in [1.165, 1.54) is 50.7 Å². The first-order valence-corrected chi connectivity index (χ1v) is 14.8. The summed E-state index contributed by atoms with van der Waals surface area (Å²) in [6, 6.07) is 7.73. The van der Waals surface area contributed by atoms with Crippen molar-refractivity contribution >= 4 is 22.7 Å². The van der Waals surface area contributed by atoms with Crippen molar-refractivity contribution in [2.75, 3.05) is 39.1 Å². The second-order valence-corrected chi connectivity index (χ2v) is 11.9. The van der Waals surface area contributed by atoms with Crippen LogP contribution in [0, 0.1) is 11.8 Å². The maximum absolute atomic E-state index is 11.0. The zero-order chi connectivity index (χ0) is 24.5. The number of aliphatic hydroxyl groups excluding tert-OH is 2. The van der Waals surface area contributed by atoms with Gasteiger partial charge in [-0.25, -0.2) is 0 Å². The van der Waals surface area contributed by atoms with Crippen molar-refractivity contribution in [1.82, 2.24) is 9.88 Å². The van der Waals surface area contributed by atoms with Gasteiger partial charge in [-0.15, -0.1) is 0 Å². The van der Waals surface area contributed by atoms with Crippen molar-refractivity contribution in [2.45, 2.75) is 75.6 Å². The van der Waals surface area contributed by atoms with Crippen LogP contribution in [0.5, 0.6) is 5.75 Å². The Hall–Kier alpha value is -1.34.